The SMILES string of the molecule is CSC(=Cc1ccc(C)c(C)c1OCc1cc(Br)c2occc2c1)S(C)=O. The Morgan fingerprint density at radius 1 is 1.30 bits per heavy atom. The Kier molecular flexibility index (Phi) is 6.50. The highest BCUT2D eigenvalue weighted by molar-refractivity contribution is 9.10. The predicted octanol–water partition coefficient (Wildman–Crippen LogP) is 6.43. The van der Waals surface area contributed by atoms with E-state index >= 15 is 0 Å². The molecule has 0 amide bonds. The molecule has 0 saturated carbocycles. The fourth-order valence-electron chi connectivity index (χ4n) is 2.84. The van der Waals surface area contributed by atoms with Gasteiger partial charge < -0.3 is 9.15 Å². The average Bonchev–Trinajstić information content (AvgIpc) is 3.10. The third-order valence-corrected chi connectivity index (χ3v) is 7.41. The van der Waals surface area contributed by atoms with Crippen LogP contribution in [0.4, 0.5) is 0 Å². The van der Waals surface area contributed by atoms with E-state index in [4.69, 9.17) is 9.15 Å². The molecule has 1 heterocycles. The standard InChI is InChI=1S/C21H21BrO3S2/c1-13-5-6-16(11-19(26-3)27(4)23)20(14(13)2)25-12-15-9-17-7-8-24-21(17)18(22)10-15/h5-11H,12H2,1-4H3. The van der Waals surface area contributed by atoms with Gasteiger partial charge in [0.2, 0.25) is 0 Å². The predicted molar refractivity (Wildman–Crippen MR) is 120 cm³/mol. The molecule has 0 fully saturated rings. The molecule has 1 aromatic heterocycles. The molecule has 0 spiro atoms. The van der Waals surface area contributed by atoms with E-state index in [-0.39, 0.29) is 0 Å². The lowest BCUT2D eigenvalue weighted by molar-refractivity contribution is 0.303. The summed E-state index contributed by atoms with van der Waals surface area (Å²) < 4.78 is 25.4. The van der Waals surface area contributed by atoms with Gasteiger partial charge in [0.25, 0.3) is 0 Å². The van der Waals surface area contributed by atoms with Gasteiger partial charge >= 0.3 is 0 Å². The second-order valence-electron chi connectivity index (χ2n) is 6.25. The van der Waals surface area contributed by atoms with E-state index in [0.717, 1.165) is 47.7 Å². The Morgan fingerprint density at radius 2 is 2.07 bits per heavy atom. The molecule has 1 atom stereocenters. The third-order valence-electron chi connectivity index (χ3n) is 4.41. The molecule has 27 heavy (non-hydrogen) atoms. The van der Waals surface area contributed by atoms with Crippen LogP contribution in [0.1, 0.15) is 22.3 Å². The zero-order chi connectivity index (χ0) is 19.6. The number of hydrogen-bond acceptors (Lipinski definition) is 4. The number of hydrogen-bond donors (Lipinski definition) is 0. The van der Waals surface area contributed by atoms with E-state index in [9.17, 15) is 4.21 Å². The van der Waals surface area contributed by atoms with Crippen LogP contribution in [0.15, 0.2) is 49.7 Å². The summed E-state index contributed by atoms with van der Waals surface area (Å²) in [4.78, 5) is 0. The minimum Gasteiger partial charge on any atom is -0.488 e. The van der Waals surface area contributed by atoms with Crippen molar-refractivity contribution in [1.29, 1.82) is 0 Å². The highest BCUT2D eigenvalue weighted by Gasteiger charge is 2.12. The quantitative estimate of drug-likeness (QED) is 0.421. The van der Waals surface area contributed by atoms with Gasteiger partial charge in [-0.15, -0.1) is 11.8 Å². The first-order chi connectivity index (χ1) is 12.9. The van der Waals surface area contributed by atoms with E-state index < -0.39 is 10.8 Å². The summed E-state index contributed by atoms with van der Waals surface area (Å²) in [5.41, 5.74) is 5.09. The van der Waals surface area contributed by atoms with Crippen molar-refractivity contribution < 1.29 is 13.4 Å². The van der Waals surface area contributed by atoms with Gasteiger partial charge in [0.05, 0.1) is 25.8 Å². The smallest absolute Gasteiger partial charge is 0.148 e. The monoisotopic (exact) mass is 464 g/mol. The molecule has 0 radical (unpaired) electrons. The van der Waals surface area contributed by atoms with Gasteiger partial charge in [-0.05, 0) is 77.0 Å². The molecular formula is C21H21BrO3S2. The van der Waals surface area contributed by atoms with Crippen molar-refractivity contribution in [2.24, 2.45) is 0 Å². The van der Waals surface area contributed by atoms with Crippen LogP contribution in [-0.2, 0) is 17.4 Å². The summed E-state index contributed by atoms with van der Waals surface area (Å²) >= 11 is 5.06. The van der Waals surface area contributed by atoms with Crippen LogP contribution in [0.3, 0.4) is 0 Å². The number of ether oxygens (including phenoxy) is 1. The van der Waals surface area contributed by atoms with Gasteiger partial charge in [-0.2, -0.15) is 0 Å². The minimum atomic E-state index is -1.03. The molecule has 0 aliphatic carbocycles. The van der Waals surface area contributed by atoms with Crippen LogP contribution in [-0.4, -0.2) is 16.7 Å². The number of thioether (sulfide) groups is 1. The third kappa shape index (κ3) is 4.50. The largest absolute Gasteiger partial charge is 0.488 e. The molecular weight excluding hydrogens is 444 g/mol. The zero-order valence-electron chi connectivity index (χ0n) is 15.7. The summed E-state index contributed by atoms with van der Waals surface area (Å²) in [6.07, 6.45) is 7.27. The molecule has 0 aliphatic rings. The summed E-state index contributed by atoms with van der Waals surface area (Å²) in [6.45, 7) is 4.56. The minimum absolute atomic E-state index is 0.439. The second-order valence-corrected chi connectivity index (χ2v) is 9.56. The normalized spacial score (nSPS) is 13.1. The average molecular weight is 465 g/mol. The summed E-state index contributed by atoms with van der Waals surface area (Å²) in [5.74, 6) is 0.829. The van der Waals surface area contributed by atoms with Crippen LogP contribution >= 0.6 is 27.7 Å². The van der Waals surface area contributed by atoms with E-state index in [1.54, 1.807) is 12.5 Å². The molecule has 6 heteroatoms. The van der Waals surface area contributed by atoms with Gasteiger partial charge in [-0.1, -0.05) is 12.1 Å². The number of aryl methyl sites for hydroxylation is 1. The Bertz CT molecular complexity index is 1040. The van der Waals surface area contributed by atoms with Crippen molar-refractivity contribution in [2.75, 3.05) is 12.5 Å². The fraction of sp³-hybridized carbons (Fsp3) is 0.238. The number of furan rings is 1. The topological polar surface area (TPSA) is 39.4 Å². The summed E-state index contributed by atoms with van der Waals surface area (Å²) in [6, 6.07) is 10.1. The fourth-order valence-corrected chi connectivity index (χ4v) is 4.93. The number of rotatable bonds is 6. The second kappa shape index (κ2) is 8.67. The maximum Gasteiger partial charge on any atom is 0.148 e. The number of benzene rings is 2. The number of halogens is 1. The first-order valence-corrected chi connectivity index (χ1v) is 12.0. The first-order valence-electron chi connectivity index (χ1n) is 8.38. The van der Waals surface area contributed by atoms with E-state index in [1.807, 2.05) is 30.5 Å². The van der Waals surface area contributed by atoms with Gasteiger partial charge in [0, 0.05) is 17.2 Å². The molecule has 3 rings (SSSR count). The van der Waals surface area contributed by atoms with Crippen LogP contribution < -0.4 is 4.74 Å². The maximum absolute atomic E-state index is 11.9. The molecule has 2 aromatic carbocycles. The molecule has 0 saturated heterocycles. The first kappa shape index (κ1) is 20.2. The maximum atomic E-state index is 11.9. The van der Waals surface area contributed by atoms with Gasteiger partial charge in [-0.3, -0.25) is 4.21 Å². The van der Waals surface area contributed by atoms with Crippen LogP contribution in [0, 0.1) is 13.8 Å². The lowest BCUT2D eigenvalue weighted by atomic mass is 10.0. The molecule has 1 unspecified atom stereocenters. The lowest BCUT2D eigenvalue weighted by Crippen LogP contribution is -2.01. The lowest BCUT2D eigenvalue weighted by Gasteiger charge is -2.15. The number of fused-ring (bicyclic) bond motifs is 1. The Morgan fingerprint density at radius 3 is 2.78 bits per heavy atom. The zero-order valence-corrected chi connectivity index (χ0v) is 18.9. The molecule has 0 aliphatic heterocycles. The molecule has 3 nitrogen and oxygen atoms in total. The molecule has 0 N–H and O–H groups in total. The van der Waals surface area contributed by atoms with Crippen LogP contribution in [0.25, 0.3) is 17.0 Å². The summed E-state index contributed by atoms with van der Waals surface area (Å²) in [5, 5.41) is 1.04. The van der Waals surface area contributed by atoms with Gasteiger partial charge in [0.15, 0.2) is 0 Å². The van der Waals surface area contributed by atoms with E-state index in [2.05, 4.69) is 41.9 Å². The highest BCUT2D eigenvalue weighted by atomic mass is 79.9. The van der Waals surface area contributed by atoms with E-state index in [0.29, 0.717) is 6.61 Å². The Balaban J connectivity index is 1.95. The molecule has 0 bridgehead atoms. The van der Waals surface area contributed by atoms with Crippen molar-refractivity contribution in [2.45, 2.75) is 20.5 Å². The van der Waals surface area contributed by atoms with Crippen molar-refractivity contribution in [1.82, 2.24) is 0 Å². The van der Waals surface area contributed by atoms with Crippen molar-refractivity contribution in [3.8, 4) is 5.75 Å². The van der Waals surface area contributed by atoms with Crippen LogP contribution in [0.5, 0.6) is 5.75 Å². The highest BCUT2D eigenvalue weighted by Crippen LogP contribution is 2.32. The Hall–Kier alpha value is -1.50. The van der Waals surface area contributed by atoms with Gasteiger partial charge in [-0.25, -0.2) is 0 Å². The molecule has 142 valence electrons. The van der Waals surface area contributed by atoms with Crippen molar-refractivity contribution in [3.63, 3.8) is 0 Å². The van der Waals surface area contributed by atoms with Crippen LogP contribution in [0.2, 0.25) is 0 Å². The summed E-state index contributed by atoms with van der Waals surface area (Å²) in [7, 11) is -1.03. The van der Waals surface area contributed by atoms with Gasteiger partial charge in [0.1, 0.15) is 17.9 Å². The molecule has 3 aromatic rings. The van der Waals surface area contributed by atoms with Crippen molar-refractivity contribution in [3.05, 3.63) is 67.6 Å². The van der Waals surface area contributed by atoms with E-state index in [1.165, 1.54) is 11.8 Å². The Labute approximate surface area is 174 Å². The van der Waals surface area contributed by atoms with Crippen molar-refractivity contribution >= 4 is 55.5 Å².